The lowest BCUT2D eigenvalue weighted by molar-refractivity contribution is -0.386. The number of hydrogen-bond donors (Lipinski definition) is 1. The van der Waals surface area contributed by atoms with Crippen LogP contribution in [0.5, 0.6) is 0 Å². The van der Waals surface area contributed by atoms with Crippen LogP contribution in [0, 0.1) is 10.1 Å². The molecule has 1 amide bonds. The summed E-state index contributed by atoms with van der Waals surface area (Å²) in [5.74, 6) is -1.32. The van der Waals surface area contributed by atoms with Crippen molar-refractivity contribution in [2.24, 2.45) is 0 Å². The van der Waals surface area contributed by atoms with Crippen molar-refractivity contribution in [2.45, 2.75) is 12.5 Å². The van der Waals surface area contributed by atoms with Crippen LogP contribution < -0.4 is 0 Å². The number of thioether (sulfide) groups is 1. The first-order valence-electron chi connectivity index (χ1n) is 7.54. The number of carboxylic acid groups (broad SMARTS) is 1. The second-order valence-corrected chi connectivity index (χ2v) is 7.68. The topological polar surface area (TPSA) is 110 Å². The number of ether oxygens (including phenoxy) is 1. The van der Waals surface area contributed by atoms with Crippen molar-refractivity contribution in [1.29, 1.82) is 0 Å². The number of carboxylic acids is 1. The SMILES string of the molecule is O=C(O)CN1C(=O)/C(=C/C2=CCC(c3ccc(Cl)cc3[N+](=O)[O-])O2)SC1=S. The Hall–Kier alpha value is -2.43. The first-order valence-corrected chi connectivity index (χ1v) is 9.14. The van der Waals surface area contributed by atoms with Crippen LogP contribution in [0.1, 0.15) is 18.1 Å². The predicted molar refractivity (Wildman–Crippen MR) is 102 cm³/mol. The number of benzene rings is 1. The number of nitrogens with zero attached hydrogens (tertiary/aromatic N) is 2. The average Bonchev–Trinajstić information content (AvgIpc) is 3.15. The van der Waals surface area contributed by atoms with E-state index in [9.17, 15) is 19.7 Å². The van der Waals surface area contributed by atoms with E-state index in [4.69, 9.17) is 33.7 Å². The van der Waals surface area contributed by atoms with Crippen molar-refractivity contribution in [1.82, 2.24) is 4.90 Å². The molecule has 1 N–H and O–H groups in total. The van der Waals surface area contributed by atoms with Crippen LogP contribution in [0.4, 0.5) is 5.69 Å². The molecule has 0 bridgehead atoms. The summed E-state index contributed by atoms with van der Waals surface area (Å²) in [6.07, 6.45) is 2.96. The van der Waals surface area contributed by atoms with Gasteiger partial charge in [-0.3, -0.25) is 24.6 Å². The average molecular weight is 427 g/mol. The Morgan fingerprint density at radius 1 is 1.56 bits per heavy atom. The monoisotopic (exact) mass is 426 g/mol. The van der Waals surface area contributed by atoms with Crippen LogP contribution in [0.25, 0.3) is 0 Å². The molecule has 0 saturated carbocycles. The molecule has 8 nitrogen and oxygen atoms in total. The van der Waals surface area contributed by atoms with Crippen molar-refractivity contribution in [2.75, 3.05) is 6.54 Å². The van der Waals surface area contributed by atoms with Gasteiger partial charge in [-0.25, -0.2) is 0 Å². The van der Waals surface area contributed by atoms with Crippen molar-refractivity contribution < 1.29 is 24.4 Å². The number of rotatable bonds is 5. The van der Waals surface area contributed by atoms with Gasteiger partial charge in [-0.2, -0.15) is 0 Å². The lowest BCUT2D eigenvalue weighted by atomic mass is 10.1. The summed E-state index contributed by atoms with van der Waals surface area (Å²) in [7, 11) is 0. The summed E-state index contributed by atoms with van der Waals surface area (Å²) in [4.78, 5) is 35.0. The van der Waals surface area contributed by atoms with Gasteiger partial charge >= 0.3 is 5.97 Å². The van der Waals surface area contributed by atoms with Gasteiger partial charge in [0, 0.05) is 17.5 Å². The molecule has 0 spiro atoms. The predicted octanol–water partition coefficient (Wildman–Crippen LogP) is 3.42. The molecular formula is C16H11ClN2O6S2. The number of amides is 1. The van der Waals surface area contributed by atoms with E-state index in [1.807, 2.05) is 0 Å². The Morgan fingerprint density at radius 2 is 2.30 bits per heavy atom. The summed E-state index contributed by atoms with van der Waals surface area (Å²) >= 11 is 11.8. The number of halogens is 1. The Labute approximate surface area is 167 Å². The Bertz CT molecular complexity index is 929. The summed E-state index contributed by atoms with van der Waals surface area (Å²) in [6.45, 7) is -0.512. The fourth-order valence-electron chi connectivity index (χ4n) is 2.62. The van der Waals surface area contributed by atoms with Crippen LogP contribution in [-0.2, 0) is 14.3 Å². The molecule has 2 aliphatic rings. The van der Waals surface area contributed by atoms with Gasteiger partial charge in [0.1, 0.15) is 22.7 Å². The largest absolute Gasteiger partial charge is 0.485 e. The van der Waals surface area contributed by atoms with Gasteiger partial charge in [-0.15, -0.1) is 0 Å². The fraction of sp³-hybridized carbons (Fsp3) is 0.188. The van der Waals surface area contributed by atoms with Gasteiger partial charge in [0.05, 0.1) is 15.4 Å². The Kier molecular flexibility index (Phi) is 5.49. The smallest absolute Gasteiger partial charge is 0.323 e. The quantitative estimate of drug-likeness (QED) is 0.330. The van der Waals surface area contributed by atoms with Crippen molar-refractivity contribution in [3.8, 4) is 0 Å². The maximum atomic E-state index is 12.3. The van der Waals surface area contributed by atoms with Crippen LogP contribution in [0.15, 0.2) is 41.0 Å². The van der Waals surface area contributed by atoms with E-state index in [2.05, 4.69) is 0 Å². The number of allylic oxidation sites excluding steroid dienone is 1. The second kappa shape index (κ2) is 7.67. The number of thiocarbonyl (C=S) groups is 1. The third-order valence-electron chi connectivity index (χ3n) is 3.79. The van der Waals surface area contributed by atoms with Crippen LogP contribution in [-0.4, -0.2) is 37.7 Å². The zero-order valence-corrected chi connectivity index (χ0v) is 15.8. The van der Waals surface area contributed by atoms with Gasteiger partial charge in [0.25, 0.3) is 11.6 Å². The molecule has 1 fully saturated rings. The maximum absolute atomic E-state index is 12.3. The van der Waals surface area contributed by atoms with E-state index >= 15 is 0 Å². The first kappa shape index (κ1) is 19.3. The van der Waals surface area contributed by atoms with E-state index in [0.717, 1.165) is 16.7 Å². The molecular weight excluding hydrogens is 416 g/mol. The van der Waals surface area contributed by atoms with Crippen molar-refractivity contribution in [3.63, 3.8) is 0 Å². The van der Waals surface area contributed by atoms with Gasteiger partial charge in [-0.1, -0.05) is 35.6 Å². The maximum Gasteiger partial charge on any atom is 0.323 e. The summed E-state index contributed by atoms with van der Waals surface area (Å²) in [5, 5.41) is 20.3. The molecule has 1 aromatic carbocycles. The number of nitro groups is 1. The third-order valence-corrected chi connectivity index (χ3v) is 5.40. The molecule has 1 unspecified atom stereocenters. The number of hydrogen-bond acceptors (Lipinski definition) is 7. The minimum absolute atomic E-state index is 0.144. The molecule has 0 aromatic heterocycles. The molecule has 0 aliphatic carbocycles. The normalized spacial score (nSPS) is 20.8. The molecule has 27 heavy (non-hydrogen) atoms. The molecule has 0 radical (unpaired) electrons. The van der Waals surface area contributed by atoms with Crippen LogP contribution in [0.3, 0.4) is 0 Å². The van der Waals surface area contributed by atoms with Gasteiger partial charge < -0.3 is 9.84 Å². The van der Waals surface area contributed by atoms with E-state index < -0.39 is 29.4 Å². The lowest BCUT2D eigenvalue weighted by Crippen LogP contribution is -2.33. The lowest BCUT2D eigenvalue weighted by Gasteiger charge is -2.13. The molecule has 1 aromatic rings. The van der Waals surface area contributed by atoms with Gasteiger partial charge in [0.15, 0.2) is 0 Å². The summed E-state index contributed by atoms with van der Waals surface area (Å²) in [5.41, 5.74) is 0.234. The molecule has 11 heteroatoms. The van der Waals surface area contributed by atoms with Crippen molar-refractivity contribution in [3.05, 3.63) is 61.7 Å². The van der Waals surface area contributed by atoms with Gasteiger partial charge in [0.2, 0.25) is 0 Å². The van der Waals surface area contributed by atoms with Crippen LogP contribution in [0.2, 0.25) is 5.02 Å². The molecule has 2 heterocycles. The van der Waals surface area contributed by atoms with E-state index in [1.165, 1.54) is 18.2 Å². The molecule has 140 valence electrons. The van der Waals surface area contributed by atoms with Gasteiger partial charge in [-0.05, 0) is 24.3 Å². The number of nitro benzene ring substituents is 1. The molecule has 2 aliphatic heterocycles. The number of aliphatic carboxylic acids is 1. The minimum Gasteiger partial charge on any atom is -0.485 e. The fourth-order valence-corrected chi connectivity index (χ4v) is 4.02. The highest BCUT2D eigenvalue weighted by Gasteiger charge is 2.34. The van der Waals surface area contributed by atoms with Crippen LogP contribution >= 0.6 is 35.6 Å². The Morgan fingerprint density at radius 3 is 2.96 bits per heavy atom. The summed E-state index contributed by atoms with van der Waals surface area (Å²) < 4.78 is 5.88. The standard InChI is InChI=1S/C16H11ClN2O6S2/c17-8-1-3-10(11(5-8)19(23)24)12-4-2-9(25-12)6-13-15(22)18(7-14(20)21)16(26)27-13/h1-3,5-6,12H,4,7H2,(H,20,21)/b13-6-. The zero-order chi connectivity index (χ0) is 19.7. The highest BCUT2D eigenvalue weighted by molar-refractivity contribution is 8.26. The number of carbonyl (C=O) groups excluding carboxylic acids is 1. The highest BCUT2D eigenvalue weighted by atomic mass is 35.5. The zero-order valence-electron chi connectivity index (χ0n) is 13.5. The van der Waals surface area contributed by atoms with E-state index in [0.29, 0.717) is 17.7 Å². The molecule has 1 saturated heterocycles. The Balaban J connectivity index is 1.77. The summed E-state index contributed by atoms with van der Waals surface area (Å²) in [6, 6.07) is 4.34. The van der Waals surface area contributed by atoms with E-state index in [1.54, 1.807) is 12.1 Å². The minimum atomic E-state index is -1.17. The third kappa shape index (κ3) is 4.12. The van der Waals surface area contributed by atoms with Crippen molar-refractivity contribution >= 4 is 57.5 Å². The molecule has 3 rings (SSSR count). The second-order valence-electron chi connectivity index (χ2n) is 5.57. The highest BCUT2D eigenvalue weighted by Crippen LogP contribution is 2.39. The number of carbonyl (C=O) groups is 2. The first-order chi connectivity index (χ1) is 12.8. The van der Waals surface area contributed by atoms with E-state index in [-0.39, 0.29) is 19.9 Å². The molecule has 1 atom stereocenters.